The van der Waals surface area contributed by atoms with Crippen LogP contribution in [0.15, 0.2) is 36.5 Å². The Morgan fingerprint density at radius 3 is 2.79 bits per heavy atom. The first-order valence-electron chi connectivity index (χ1n) is 6.14. The zero-order valence-electron chi connectivity index (χ0n) is 10.7. The van der Waals surface area contributed by atoms with E-state index in [0.717, 1.165) is 10.9 Å². The Morgan fingerprint density at radius 2 is 2.05 bits per heavy atom. The minimum Gasteiger partial charge on any atom is -0.480 e. The number of rotatable bonds is 5. The highest BCUT2D eigenvalue weighted by atomic mass is 16.4. The summed E-state index contributed by atoms with van der Waals surface area (Å²) in [7, 11) is 0. The number of carboxylic acids is 1. The van der Waals surface area contributed by atoms with Crippen LogP contribution < -0.4 is 5.32 Å². The lowest BCUT2D eigenvalue weighted by Gasteiger charge is -2.10. The molecule has 2 N–H and O–H groups in total. The Bertz CT molecular complexity index is 604. The van der Waals surface area contributed by atoms with E-state index < -0.39 is 12.0 Å². The zero-order valence-corrected chi connectivity index (χ0v) is 10.7. The fraction of sp³-hybridized carbons (Fsp3) is 0.286. The van der Waals surface area contributed by atoms with E-state index in [9.17, 15) is 9.59 Å². The fourth-order valence-electron chi connectivity index (χ4n) is 1.93. The van der Waals surface area contributed by atoms with Crippen LogP contribution in [0.2, 0.25) is 0 Å². The van der Waals surface area contributed by atoms with Gasteiger partial charge >= 0.3 is 5.97 Å². The van der Waals surface area contributed by atoms with Crippen LogP contribution in [-0.2, 0) is 16.1 Å². The lowest BCUT2D eigenvalue weighted by Crippen LogP contribution is -2.38. The summed E-state index contributed by atoms with van der Waals surface area (Å²) in [4.78, 5) is 22.2. The highest BCUT2D eigenvalue weighted by Crippen LogP contribution is 2.15. The van der Waals surface area contributed by atoms with Gasteiger partial charge in [-0.05, 0) is 24.4 Å². The van der Waals surface area contributed by atoms with Gasteiger partial charge in [0.25, 0.3) is 0 Å². The molecule has 19 heavy (non-hydrogen) atoms. The molecule has 1 heterocycles. The van der Waals surface area contributed by atoms with E-state index in [0.29, 0.717) is 6.54 Å². The smallest absolute Gasteiger partial charge is 0.325 e. The van der Waals surface area contributed by atoms with Crippen molar-refractivity contribution >= 4 is 22.8 Å². The number of nitrogens with one attached hydrogen (secondary N) is 1. The second-order valence-electron chi connectivity index (χ2n) is 4.45. The molecule has 0 aliphatic heterocycles. The lowest BCUT2D eigenvalue weighted by molar-refractivity contribution is -0.141. The third-order valence-electron chi connectivity index (χ3n) is 3.01. The molecule has 1 aromatic heterocycles. The fourth-order valence-corrected chi connectivity index (χ4v) is 1.93. The van der Waals surface area contributed by atoms with E-state index in [1.54, 1.807) is 0 Å². The Morgan fingerprint density at radius 1 is 1.32 bits per heavy atom. The first kappa shape index (κ1) is 13.1. The van der Waals surface area contributed by atoms with Crippen LogP contribution in [0, 0.1) is 0 Å². The Labute approximate surface area is 110 Å². The summed E-state index contributed by atoms with van der Waals surface area (Å²) in [5.41, 5.74) is 1.07. The number of hydrogen-bond acceptors (Lipinski definition) is 2. The van der Waals surface area contributed by atoms with Crippen molar-refractivity contribution in [2.75, 3.05) is 0 Å². The number of amides is 1. The summed E-state index contributed by atoms with van der Waals surface area (Å²) < 4.78 is 1.99. The molecule has 0 saturated heterocycles. The van der Waals surface area contributed by atoms with Crippen molar-refractivity contribution in [3.8, 4) is 0 Å². The maximum absolute atomic E-state index is 11.6. The number of aliphatic carboxylic acids is 1. The molecule has 0 aliphatic carbocycles. The van der Waals surface area contributed by atoms with E-state index >= 15 is 0 Å². The van der Waals surface area contributed by atoms with E-state index in [4.69, 9.17) is 5.11 Å². The van der Waals surface area contributed by atoms with Crippen LogP contribution in [-0.4, -0.2) is 27.6 Å². The number of para-hydroxylation sites is 1. The molecule has 1 aromatic carbocycles. The summed E-state index contributed by atoms with van der Waals surface area (Å²) in [6, 6.07) is 9.06. The third-order valence-corrected chi connectivity index (χ3v) is 3.01. The molecule has 0 fully saturated rings. The van der Waals surface area contributed by atoms with Gasteiger partial charge in [0.1, 0.15) is 6.04 Å². The number of benzene rings is 1. The number of carbonyl (C=O) groups excluding carboxylic acids is 1. The molecule has 0 unspecified atom stereocenters. The highest BCUT2D eigenvalue weighted by molar-refractivity contribution is 5.83. The van der Waals surface area contributed by atoms with E-state index in [1.807, 2.05) is 41.1 Å². The first-order valence-corrected chi connectivity index (χ1v) is 6.14. The molecule has 5 heteroatoms. The number of aryl methyl sites for hydroxylation is 1. The second kappa shape index (κ2) is 5.56. The summed E-state index contributed by atoms with van der Waals surface area (Å²) in [6.07, 6.45) is 2.19. The van der Waals surface area contributed by atoms with Crippen molar-refractivity contribution in [1.29, 1.82) is 0 Å². The molecule has 2 rings (SSSR count). The average molecular weight is 260 g/mol. The standard InChI is InChI=1S/C14H16N2O3/c1-10(14(18)19)15-13(17)7-9-16-8-6-11-4-2-3-5-12(11)16/h2-6,8,10H,7,9H2,1H3,(H,15,17)(H,18,19)/t10-/m1/s1. The molecule has 100 valence electrons. The normalized spacial score (nSPS) is 12.3. The number of carbonyl (C=O) groups is 2. The summed E-state index contributed by atoms with van der Waals surface area (Å²) >= 11 is 0. The van der Waals surface area contributed by atoms with Gasteiger partial charge in [0.2, 0.25) is 5.91 Å². The van der Waals surface area contributed by atoms with Gasteiger partial charge in [-0.3, -0.25) is 9.59 Å². The molecular weight excluding hydrogens is 244 g/mol. The molecule has 2 aromatic rings. The summed E-state index contributed by atoms with van der Waals surface area (Å²) in [5.74, 6) is -1.28. The number of aromatic nitrogens is 1. The van der Waals surface area contributed by atoms with E-state index in [1.165, 1.54) is 6.92 Å². The maximum Gasteiger partial charge on any atom is 0.325 e. The lowest BCUT2D eigenvalue weighted by atomic mass is 10.2. The predicted octanol–water partition coefficient (Wildman–Crippen LogP) is 1.62. The monoisotopic (exact) mass is 260 g/mol. The third kappa shape index (κ3) is 3.13. The Balaban J connectivity index is 1.95. The molecule has 0 radical (unpaired) electrons. The Hall–Kier alpha value is -2.30. The van der Waals surface area contributed by atoms with Crippen LogP contribution in [0.4, 0.5) is 0 Å². The highest BCUT2D eigenvalue weighted by Gasteiger charge is 2.13. The van der Waals surface area contributed by atoms with Crippen molar-refractivity contribution in [1.82, 2.24) is 9.88 Å². The SMILES string of the molecule is C[C@@H](NC(=O)CCn1ccc2ccccc21)C(=O)O. The van der Waals surface area contributed by atoms with Crippen LogP contribution in [0.1, 0.15) is 13.3 Å². The largest absolute Gasteiger partial charge is 0.480 e. The van der Waals surface area contributed by atoms with Crippen molar-refractivity contribution in [2.45, 2.75) is 25.9 Å². The molecule has 5 nitrogen and oxygen atoms in total. The van der Waals surface area contributed by atoms with Crippen LogP contribution in [0.25, 0.3) is 10.9 Å². The molecule has 1 atom stereocenters. The van der Waals surface area contributed by atoms with E-state index in [2.05, 4.69) is 5.32 Å². The van der Waals surface area contributed by atoms with Gasteiger partial charge in [0.05, 0.1) is 0 Å². The van der Waals surface area contributed by atoms with Crippen LogP contribution in [0.3, 0.4) is 0 Å². The number of hydrogen-bond donors (Lipinski definition) is 2. The van der Waals surface area contributed by atoms with Crippen molar-refractivity contribution in [3.05, 3.63) is 36.5 Å². The molecule has 0 saturated carbocycles. The van der Waals surface area contributed by atoms with Crippen molar-refractivity contribution in [2.24, 2.45) is 0 Å². The van der Waals surface area contributed by atoms with Crippen molar-refractivity contribution in [3.63, 3.8) is 0 Å². The molecule has 1 amide bonds. The summed E-state index contributed by atoms with van der Waals surface area (Å²) in [5, 5.41) is 12.3. The maximum atomic E-state index is 11.6. The first-order chi connectivity index (χ1) is 9.08. The van der Waals surface area contributed by atoms with Gasteiger partial charge in [0, 0.05) is 24.7 Å². The van der Waals surface area contributed by atoms with Crippen molar-refractivity contribution < 1.29 is 14.7 Å². The topological polar surface area (TPSA) is 71.3 Å². The average Bonchev–Trinajstić information content (AvgIpc) is 2.79. The van der Waals surface area contributed by atoms with Crippen LogP contribution in [0.5, 0.6) is 0 Å². The molecular formula is C14H16N2O3. The second-order valence-corrected chi connectivity index (χ2v) is 4.45. The van der Waals surface area contributed by atoms with Gasteiger partial charge in [-0.25, -0.2) is 0 Å². The van der Waals surface area contributed by atoms with Crippen LogP contribution >= 0.6 is 0 Å². The van der Waals surface area contributed by atoms with Gasteiger partial charge in [-0.2, -0.15) is 0 Å². The quantitative estimate of drug-likeness (QED) is 0.858. The minimum atomic E-state index is -1.03. The van der Waals surface area contributed by atoms with E-state index in [-0.39, 0.29) is 12.3 Å². The number of carboxylic acid groups (broad SMARTS) is 1. The van der Waals surface area contributed by atoms with Gasteiger partial charge in [0.15, 0.2) is 0 Å². The molecule has 0 spiro atoms. The zero-order chi connectivity index (χ0) is 13.8. The summed E-state index contributed by atoms with van der Waals surface area (Å²) in [6.45, 7) is 1.98. The number of fused-ring (bicyclic) bond motifs is 1. The number of nitrogens with zero attached hydrogens (tertiary/aromatic N) is 1. The molecule has 0 bridgehead atoms. The minimum absolute atomic E-state index is 0.257. The van der Waals surface area contributed by atoms with Gasteiger partial charge in [-0.1, -0.05) is 18.2 Å². The van der Waals surface area contributed by atoms with Gasteiger partial charge in [-0.15, -0.1) is 0 Å². The Kier molecular flexibility index (Phi) is 3.85. The molecule has 0 aliphatic rings. The van der Waals surface area contributed by atoms with Gasteiger partial charge < -0.3 is 15.0 Å². The predicted molar refractivity (Wildman–Crippen MR) is 71.8 cm³/mol.